The smallest absolute Gasteiger partial charge is 0.251 e. The van der Waals surface area contributed by atoms with Crippen LogP contribution in [-0.4, -0.2) is 42.9 Å². The number of nitrogens with one attached hydrogen (secondary N) is 2. The molecule has 0 radical (unpaired) electrons. The molecule has 2 heterocycles. The zero-order valence-corrected chi connectivity index (χ0v) is 17.4. The number of anilines is 1. The molecule has 2 amide bonds. The molecule has 1 fully saturated rings. The molecule has 1 aromatic heterocycles. The lowest BCUT2D eigenvalue weighted by Crippen LogP contribution is -2.49. The molecule has 0 aliphatic carbocycles. The number of pyridine rings is 1. The summed E-state index contributed by atoms with van der Waals surface area (Å²) in [6, 6.07) is 22.5. The normalized spacial score (nSPS) is 14.7. The number of nitrogens with zero attached hydrogens (tertiary/aromatic N) is 2. The van der Waals surface area contributed by atoms with Crippen molar-refractivity contribution in [2.75, 3.05) is 31.1 Å². The zero-order valence-electron chi connectivity index (χ0n) is 17.4. The van der Waals surface area contributed by atoms with Crippen molar-refractivity contribution in [1.82, 2.24) is 10.2 Å². The van der Waals surface area contributed by atoms with Gasteiger partial charge in [0.25, 0.3) is 5.91 Å². The quantitative estimate of drug-likeness (QED) is 0.673. The number of H-pyrrole nitrogens is 1. The summed E-state index contributed by atoms with van der Waals surface area (Å²) in [7, 11) is 0. The summed E-state index contributed by atoms with van der Waals surface area (Å²) in [6.45, 7) is 2.93. The average Bonchev–Trinajstić information content (AvgIpc) is 2.85. The molecular weight excluding hydrogens is 388 g/mol. The van der Waals surface area contributed by atoms with Gasteiger partial charge in [0.2, 0.25) is 5.91 Å². The van der Waals surface area contributed by atoms with Crippen molar-refractivity contribution in [3.8, 4) is 0 Å². The second kappa shape index (κ2) is 9.89. The van der Waals surface area contributed by atoms with E-state index >= 15 is 0 Å². The minimum absolute atomic E-state index is 0.0586. The molecule has 3 aromatic rings. The van der Waals surface area contributed by atoms with Gasteiger partial charge in [-0.1, -0.05) is 48.5 Å². The molecule has 31 heavy (non-hydrogen) atoms. The Morgan fingerprint density at radius 1 is 0.839 bits per heavy atom. The SMILES string of the molecule is O=C(N[C@@H](CC(=O)N1CCN(c2cc[nH+]cc2)CC1)c1ccccc1)c1ccccc1. The maximum absolute atomic E-state index is 13.1. The van der Waals surface area contributed by atoms with Crippen molar-refractivity contribution in [3.05, 3.63) is 96.3 Å². The van der Waals surface area contributed by atoms with Crippen LogP contribution in [0.3, 0.4) is 0 Å². The Morgan fingerprint density at radius 3 is 2.10 bits per heavy atom. The van der Waals surface area contributed by atoms with Gasteiger partial charge in [-0.05, 0) is 17.7 Å². The Balaban J connectivity index is 1.41. The van der Waals surface area contributed by atoms with E-state index in [1.807, 2.05) is 78.0 Å². The van der Waals surface area contributed by atoms with Gasteiger partial charge in [-0.25, -0.2) is 4.98 Å². The Bertz CT molecular complexity index is 988. The molecule has 6 heteroatoms. The Kier molecular flexibility index (Phi) is 6.57. The molecule has 0 unspecified atom stereocenters. The number of hydrogen-bond acceptors (Lipinski definition) is 3. The van der Waals surface area contributed by atoms with Crippen molar-refractivity contribution in [3.63, 3.8) is 0 Å². The van der Waals surface area contributed by atoms with Crippen LogP contribution in [0, 0.1) is 0 Å². The van der Waals surface area contributed by atoms with E-state index in [2.05, 4.69) is 15.2 Å². The van der Waals surface area contributed by atoms with Crippen molar-refractivity contribution in [2.45, 2.75) is 12.5 Å². The highest BCUT2D eigenvalue weighted by atomic mass is 16.2. The van der Waals surface area contributed by atoms with Crippen LogP contribution in [0.1, 0.15) is 28.4 Å². The van der Waals surface area contributed by atoms with Gasteiger partial charge >= 0.3 is 0 Å². The fourth-order valence-electron chi connectivity index (χ4n) is 3.88. The first-order chi connectivity index (χ1) is 15.2. The summed E-state index contributed by atoms with van der Waals surface area (Å²) in [5.41, 5.74) is 2.67. The highest BCUT2D eigenvalue weighted by Crippen LogP contribution is 2.20. The predicted octanol–water partition coefficient (Wildman–Crippen LogP) is 2.71. The average molecular weight is 416 g/mol. The number of rotatable bonds is 6. The zero-order chi connectivity index (χ0) is 21.5. The monoisotopic (exact) mass is 415 g/mol. The van der Waals surface area contributed by atoms with Crippen LogP contribution in [0.2, 0.25) is 0 Å². The van der Waals surface area contributed by atoms with Crippen molar-refractivity contribution < 1.29 is 14.6 Å². The highest BCUT2D eigenvalue weighted by molar-refractivity contribution is 5.94. The molecule has 0 saturated carbocycles. The fraction of sp³-hybridized carbons (Fsp3) is 0.240. The van der Waals surface area contributed by atoms with Gasteiger partial charge in [-0.3, -0.25) is 9.59 Å². The minimum Gasteiger partial charge on any atom is -0.368 e. The molecule has 0 bridgehead atoms. The van der Waals surface area contributed by atoms with Crippen molar-refractivity contribution in [1.29, 1.82) is 0 Å². The first-order valence-corrected chi connectivity index (χ1v) is 10.6. The number of piperazine rings is 1. The van der Waals surface area contributed by atoms with Crippen molar-refractivity contribution in [2.24, 2.45) is 0 Å². The summed E-state index contributed by atoms with van der Waals surface area (Å²) in [5, 5.41) is 3.05. The molecule has 1 aliphatic rings. The number of carbonyl (C=O) groups is 2. The van der Waals surface area contributed by atoms with Crippen LogP contribution in [-0.2, 0) is 4.79 Å². The molecule has 2 N–H and O–H groups in total. The van der Waals surface area contributed by atoms with Crippen LogP contribution in [0.5, 0.6) is 0 Å². The van der Waals surface area contributed by atoms with E-state index in [9.17, 15) is 9.59 Å². The molecule has 0 spiro atoms. The number of benzene rings is 2. The maximum Gasteiger partial charge on any atom is 0.251 e. The highest BCUT2D eigenvalue weighted by Gasteiger charge is 2.25. The van der Waals surface area contributed by atoms with Crippen LogP contribution in [0.15, 0.2) is 85.2 Å². The third kappa shape index (κ3) is 5.28. The van der Waals surface area contributed by atoms with Gasteiger partial charge in [0, 0.05) is 49.6 Å². The molecule has 6 nitrogen and oxygen atoms in total. The molecule has 4 rings (SSSR count). The topological polar surface area (TPSA) is 66.8 Å². The molecule has 158 valence electrons. The Hall–Kier alpha value is -3.67. The van der Waals surface area contributed by atoms with Gasteiger partial charge in [0.15, 0.2) is 12.4 Å². The van der Waals surface area contributed by atoms with Crippen molar-refractivity contribution >= 4 is 17.5 Å². The molecule has 1 atom stereocenters. The lowest BCUT2D eigenvalue weighted by atomic mass is 10.0. The van der Waals surface area contributed by atoms with E-state index < -0.39 is 0 Å². The Labute approximate surface area is 182 Å². The lowest BCUT2D eigenvalue weighted by molar-refractivity contribution is -0.377. The first-order valence-electron chi connectivity index (χ1n) is 10.6. The fourth-order valence-corrected chi connectivity index (χ4v) is 3.88. The summed E-state index contributed by atoms with van der Waals surface area (Å²) in [5.74, 6) is -0.115. The van der Waals surface area contributed by atoms with E-state index in [1.165, 1.54) is 0 Å². The van der Waals surface area contributed by atoms with Gasteiger partial charge < -0.3 is 15.1 Å². The molecule has 1 saturated heterocycles. The molecular formula is C25H27N4O2+. The van der Waals surface area contributed by atoms with Crippen LogP contribution in [0.4, 0.5) is 5.69 Å². The third-order valence-corrected chi connectivity index (χ3v) is 5.62. The van der Waals surface area contributed by atoms with Gasteiger partial charge in [0.1, 0.15) is 0 Å². The van der Waals surface area contributed by atoms with Crippen LogP contribution in [0.25, 0.3) is 0 Å². The maximum atomic E-state index is 13.1. The summed E-state index contributed by atoms with van der Waals surface area (Å²) < 4.78 is 0. The van der Waals surface area contributed by atoms with Gasteiger partial charge in [-0.2, -0.15) is 0 Å². The summed E-state index contributed by atoms with van der Waals surface area (Å²) >= 11 is 0. The standard InChI is InChI=1S/C25H26N4O2/c30-24(29-17-15-28(16-18-29)22-11-13-26-14-12-22)19-23(20-7-3-1-4-8-20)27-25(31)21-9-5-2-6-10-21/h1-14,23H,15-19H2,(H,27,31)/p+1/t23-/m0/s1. The largest absolute Gasteiger partial charge is 0.368 e. The second-order valence-corrected chi connectivity index (χ2v) is 7.63. The number of hydrogen-bond donors (Lipinski definition) is 1. The van der Waals surface area contributed by atoms with E-state index in [0.29, 0.717) is 18.7 Å². The van der Waals surface area contributed by atoms with Crippen LogP contribution < -0.4 is 15.2 Å². The second-order valence-electron chi connectivity index (χ2n) is 7.63. The lowest BCUT2D eigenvalue weighted by Gasteiger charge is -2.36. The van der Waals surface area contributed by atoms with Gasteiger partial charge in [0.05, 0.1) is 12.5 Å². The predicted molar refractivity (Wildman–Crippen MR) is 119 cm³/mol. The number of amides is 2. The number of aromatic amines is 1. The minimum atomic E-state index is -0.371. The third-order valence-electron chi connectivity index (χ3n) is 5.62. The van der Waals surface area contributed by atoms with E-state index in [1.54, 1.807) is 12.1 Å². The van der Waals surface area contributed by atoms with E-state index in [4.69, 9.17) is 0 Å². The Morgan fingerprint density at radius 2 is 1.45 bits per heavy atom. The van der Waals surface area contributed by atoms with Gasteiger partial charge in [-0.15, -0.1) is 0 Å². The number of aromatic nitrogens is 1. The van der Waals surface area contributed by atoms with E-state index in [0.717, 1.165) is 24.3 Å². The summed E-state index contributed by atoms with van der Waals surface area (Å²) in [6.07, 6.45) is 4.06. The van der Waals surface area contributed by atoms with E-state index in [-0.39, 0.29) is 24.3 Å². The first kappa shape index (κ1) is 20.6. The van der Waals surface area contributed by atoms with Crippen LogP contribution >= 0.6 is 0 Å². The molecule has 2 aromatic carbocycles. The summed E-state index contributed by atoms with van der Waals surface area (Å²) in [4.78, 5) is 33.1. The number of carbonyl (C=O) groups excluding carboxylic acids is 2. The molecule has 1 aliphatic heterocycles.